The number of aliphatic carboxylic acids is 1. The van der Waals surface area contributed by atoms with Crippen LogP contribution in [0.4, 0.5) is 0 Å². The number of nitrogens with one attached hydrogen (secondary N) is 1. The lowest BCUT2D eigenvalue weighted by atomic mass is 10.1. The molecule has 0 saturated heterocycles. The van der Waals surface area contributed by atoms with Crippen LogP contribution >= 0.6 is 0 Å². The van der Waals surface area contributed by atoms with E-state index >= 15 is 0 Å². The third-order valence-electron chi connectivity index (χ3n) is 4.27. The summed E-state index contributed by atoms with van der Waals surface area (Å²) in [7, 11) is 0. The average molecular weight is 253 g/mol. The summed E-state index contributed by atoms with van der Waals surface area (Å²) in [5, 5.41) is 11.5. The fourth-order valence-corrected chi connectivity index (χ4v) is 2.70. The predicted molar refractivity (Wildman–Crippen MR) is 68.1 cm³/mol. The van der Waals surface area contributed by atoms with Gasteiger partial charge in [-0.05, 0) is 37.5 Å². The van der Waals surface area contributed by atoms with Gasteiger partial charge in [-0.3, -0.25) is 9.59 Å². The summed E-state index contributed by atoms with van der Waals surface area (Å²) in [5.41, 5.74) is 0.459. The van der Waals surface area contributed by atoms with E-state index in [2.05, 4.69) is 5.32 Å². The van der Waals surface area contributed by atoms with Gasteiger partial charge in [-0.15, -0.1) is 0 Å². The van der Waals surface area contributed by atoms with E-state index < -0.39 is 5.97 Å². The third kappa shape index (κ3) is 3.72. The van der Waals surface area contributed by atoms with Gasteiger partial charge in [-0.2, -0.15) is 0 Å². The maximum Gasteiger partial charge on any atom is 0.303 e. The van der Waals surface area contributed by atoms with Gasteiger partial charge in [-0.25, -0.2) is 0 Å². The van der Waals surface area contributed by atoms with Gasteiger partial charge in [0.15, 0.2) is 0 Å². The Bertz CT molecular complexity index is 323. The average Bonchev–Trinajstić information content (AvgIpc) is 3.23. The first-order valence-corrected chi connectivity index (χ1v) is 7.14. The third-order valence-corrected chi connectivity index (χ3v) is 4.27. The van der Waals surface area contributed by atoms with E-state index in [4.69, 9.17) is 5.11 Å². The Hall–Kier alpha value is -1.06. The first-order valence-electron chi connectivity index (χ1n) is 7.14. The van der Waals surface area contributed by atoms with Crippen LogP contribution in [0.25, 0.3) is 0 Å². The molecule has 2 N–H and O–H groups in total. The molecule has 0 aromatic carbocycles. The monoisotopic (exact) mass is 253 g/mol. The first kappa shape index (κ1) is 13.4. The Morgan fingerprint density at radius 3 is 2.39 bits per heavy atom. The summed E-state index contributed by atoms with van der Waals surface area (Å²) in [6.07, 6.45) is 8.82. The smallest absolute Gasteiger partial charge is 0.303 e. The van der Waals surface area contributed by atoms with Crippen molar-refractivity contribution in [3.63, 3.8) is 0 Å². The molecule has 2 fully saturated rings. The van der Waals surface area contributed by atoms with Crippen molar-refractivity contribution in [3.05, 3.63) is 0 Å². The second-order valence-electron chi connectivity index (χ2n) is 5.82. The summed E-state index contributed by atoms with van der Waals surface area (Å²) in [5.74, 6) is -0.118. The van der Waals surface area contributed by atoms with Gasteiger partial charge in [0, 0.05) is 18.9 Å². The van der Waals surface area contributed by atoms with E-state index in [1.807, 2.05) is 0 Å². The number of rotatable bonds is 9. The van der Waals surface area contributed by atoms with E-state index in [0.29, 0.717) is 11.3 Å². The minimum absolute atomic E-state index is 0.262. The van der Waals surface area contributed by atoms with Crippen LogP contribution < -0.4 is 5.32 Å². The number of amides is 1. The van der Waals surface area contributed by atoms with Gasteiger partial charge in [0.25, 0.3) is 0 Å². The Balaban J connectivity index is 1.38. The van der Waals surface area contributed by atoms with Gasteiger partial charge in [0.05, 0.1) is 0 Å². The molecule has 1 spiro atoms. The van der Waals surface area contributed by atoms with Crippen LogP contribution in [0.5, 0.6) is 0 Å². The van der Waals surface area contributed by atoms with E-state index in [0.717, 1.165) is 45.1 Å². The molecule has 0 aromatic heterocycles. The molecule has 18 heavy (non-hydrogen) atoms. The molecular weight excluding hydrogens is 230 g/mol. The lowest BCUT2D eigenvalue weighted by Gasteiger charge is -2.04. The number of hydrogen-bond donors (Lipinski definition) is 2. The molecule has 0 aromatic rings. The molecule has 0 bridgehead atoms. The van der Waals surface area contributed by atoms with Crippen molar-refractivity contribution in [2.45, 2.75) is 57.8 Å². The molecule has 2 saturated carbocycles. The van der Waals surface area contributed by atoms with E-state index in [1.54, 1.807) is 0 Å². The first-order chi connectivity index (χ1) is 8.64. The molecule has 2 aliphatic carbocycles. The Morgan fingerprint density at radius 1 is 1.11 bits per heavy atom. The Labute approximate surface area is 108 Å². The van der Waals surface area contributed by atoms with Gasteiger partial charge in [0.2, 0.25) is 5.91 Å². The summed E-state index contributed by atoms with van der Waals surface area (Å²) in [6.45, 7) is 0.782. The SMILES string of the molecule is O=C(O)CCCCCCCNC(=O)C1CC12CC2. The Kier molecular flexibility index (Phi) is 4.25. The van der Waals surface area contributed by atoms with Crippen LogP contribution in [0, 0.1) is 11.3 Å². The van der Waals surface area contributed by atoms with E-state index in [1.165, 1.54) is 12.8 Å². The van der Waals surface area contributed by atoms with Gasteiger partial charge >= 0.3 is 5.97 Å². The number of carboxylic acid groups (broad SMARTS) is 1. The van der Waals surface area contributed by atoms with Gasteiger partial charge < -0.3 is 10.4 Å². The van der Waals surface area contributed by atoms with Crippen molar-refractivity contribution in [1.82, 2.24) is 5.32 Å². The minimum atomic E-state index is -0.708. The standard InChI is InChI=1S/C14H23NO3/c16-12(17)6-4-2-1-3-5-9-15-13(18)11-10-14(11)7-8-14/h11H,1-10H2,(H,15,18)(H,16,17). The highest BCUT2D eigenvalue weighted by Gasteiger charge is 2.65. The lowest BCUT2D eigenvalue weighted by molar-refractivity contribution is -0.137. The molecule has 0 radical (unpaired) electrons. The van der Waals surface area contributed by atoms with Crippen LogP contribution in [-0.4, -0.2) is 23.5 Å². The highest BCUT2D eigenvalue weighted by atomic mass is 16.4. The summed E-state index contributed by atoms with van der Waals surface area (Å²) in [6, 6.07) is 0. The van der Waals surface area contributed by atoms with Crippen molar-refractivity contribution in [2.24, 2.45) is 11.3 Å². The summed E-state index contributed by atoms with van der Waals surface area (Å²) in [4.78, 5) is 22.0. The molecule has 1 unspecified atom stereocenters. The fourth-order valence-electron chi connectivity index (χ4n) is 2.70. The van der Waals surface area contributed by atoms with Crippen LogP contribution in [0.1, 0.15) is 57.8 Å². The zero-order valence-electron chi connectivity index (χ0n) is 10.9. The highest BCUT2D eigenvalue weighted by molar-refractivity contribution is 5.83. The number of carbonyl (C=O) groups is 2. The molecular formula is C14H23NO3. The summed E-state index contributed by atoms with van der Waals surface area (Å²) >= 11 is 0. The molecule has 1 amide bonds. The normalized spacial score (nSPS) is 22.8. The molecule has 4 nitrogen and oxygen atoms in total. The summed E-state index contributed by atoms with van der Waals surface area (Å²) < 4.78 is 0. The maximum atomic E-state index is 11.7. The van der Waals surface area contributed by atoms with Crippen molar-refractivity contribution in [1.29, 1.82) is 0 Å². The lowest BCUT2D eigenvalue weighted by Crippen LogP contribution is -2.26. The van der Waals surface area contributed by atoms with Gasteiger partial charge in [-0.1, -0.05) is 19.3 Å². The Morgan fingerprint density at radius 2 is 1.78 bits per heavy atom. The quantitative estimate of drug-likeness (QED) is 0.620. The molecule has 102 valence electrons. The number of carboxylic acids is 1. The molecule has 2 aliphatic rings. The highest BCUT2D eigenvalue weighted by Crippen LogP contribution is 2.70. The second-order valence-corrected chi connectivity index (χ2v) is 5.82. The van der Waals surface area contributed by atoms with Crippen molar-refractivity contribution >= 4 is 11.9 Å². The van der Waals surface area contributed by atoms with Crippen LogP contribution in [0.15, 0.2) is 0 Å². The molecule has 0 heterocycles. The number of hydrogen-bond acceptors (Lipinski definition) is 2. The van der Waals surface area contributed by atoms with Crippen molar-refractivity contribution in [3.8, 4) is 0 Å². The largest absolute Gasteiger partial charge is 0.481 e. The van der Waals surface area contributed by atoms with Crippen LogP contribution in [0.3, 0.4) is 0 Å². The molecule has 4 heteroatoms. The van der Waals surface area contributed by atoms with E-state index in [-0.39, 0.29) is 12.3 Å². The van der Waals surface area contributed by atoms with Gasteiger partial charge in [0.1, 0.15) is 0 Å². The van der Waals surface area contributed by atoms with E-state index in [9.17, 15) is 9.59 Å². The zero-order valence-corrected chi connectivity index (χ0v) is 10.9. The molecule has 1 atom stereocenters. The van der Waals surface area contributed by atoms with Crippen LogP contribution in [-0.2, 0) is 9.59 Å². The fraction of sp³-hybridized carbons (Fsp3) is 0.857. The topological polar surface area (TPSA) is 66.4 Å². The predicted octanol–water partition coefficient (Wildman–Crippen LogP) is 2.33. The van der Waals surface area contributed by atoms with Crippen molar-refractivity contribution in [2.75, 3.05) is 6.54 Å². The zero-order chi connectivity index (χ0) is 13.0. The number of carbonyl (C=O) groups excluding carboxylic acids is 1. The minimum Gasteiger partial charge on any atom is -0.481 e. The van der Waals surface area contributed by atoms with Crippen LogP contribution in [0.2, 0.25) is 0 Å². The van der Waals surface area contributed by atoms with Crippen molar-refractivity contribution < 1.29 is 14.7 Å². The molecule has 2 rings (SSSR count). The second kappa shape index (κ2) is 5.72. The molecule has 0 aliphatic heterocycles. The number of unbranched alkanes of at least 4 members (excludes halogenated alkanes) is 4. The maximum absolute atomic E-state index is 11.7.